The highest BCUT2D eigenvalue weighted by Crippen LogP contribution is 2.33. The highest BCUT2D eigenvalue weighted by atomic mass is 19.1. The molecule has 1 heterocycles. The lowest BCUT2D eigenvalue weighted by molar-refractivity contribution is 0.628. The summed E-state index contributed by atoms with van der Waals surface area (Å²) in [6, 6.07) is 18.9. The lowest BCUT2D eigenvalue weighted by Crippen LogP contribution is -2.08. The predicted molar refractivity (Wildman–Crippen MR) is 92.9 cm³/mol. The first-order valence-electron chi connectivity index (χ1n) is 7.54. The smallest absolute Gasteiger partial charge is 0.137 e. The van der Waals surface area contributed by atoms with E-state index in [0.29, 0.717) is 0 Å². The van der Waals surface area contributed by atoms with Gasteiger partial charge in [0.1, 0.15) is 17.0 Å². The number of furan rings is 1. The third kappa shape index (κ3) is 2.34. The van der Waals surface area contributed by atoms with E-state index < -0.39 is 0 Å². The maximum atomic E-state index is 13.1. The molecule has 0 radical (unpaired) electrons. The summed E-state index contributed by atoms with van der Waals surface area (Å²) in [6.07, 6.45) is 0. The second kappa shape index (κ2) is 5.13. The van der Waals surface area contributed by atoms with Crippen molar-refractivity contribution in [2.45, 2.75) is 6.92 Å². The third-order valence-corrected chi connectivity index (χ3v) is 4.21. The molecule has 0 fully saturated rings. The standard InChI is InChI=1S/C20H16FNO/c1-13-3-9-17-18-10-8-16(12-20(18)23-19(17)11-13)22(2)15-6-4-14(21)5-7-15/h3-12H,1-2H3. The van der Waals surface area contributed by atoms with Crippen LogP contribution in [0.3, 0.4) is 0 Å². The van der Waals surface area contributed by atoms with E-state index in [1.807, 2.05) is 18.0 Å². The zero-order valence-electron chi connectivity index (χ0n) is 13.0. The van der Waals surface area contributed by atoms with Gasteiger partial charge in [-0.1, -0.05) is 12.1 Å². The van der Waals surface area contributed by atoms with E-state index in [1.54, 1.807) is 12.1 Å². The Hall–Kier alpha value is -2.81. The Labute approximate surface area is 133 Å². The number of hydrogen-bond acceptors (Lipinski definition) is 2. The Bertz CT molecular complexity index is 1000. The van der Waals surface area contributed by atoms with Crippen LogP contribution in [-0.4, -0.2) is 7.05 Å². The lowest BCUT2D eigenvalue weighted by atomic mass is 10.1. The van der Waals surface area contributed by atoms with Gasteiger partial charge in [0.25, 0.3) is 0 Å². The average Bonchev–Trinajstić information content (AvgIpc) is 2.91. The minimum atomic E-state index is -0.231. The molecule has 0 aliphatic heterocycles. The van der Waals surface area contributed by atoms with Crippen LogP contribution < -0.4 is 4.90 Å². The molecule has 3 heteroatoms. The number of fused-ring (bicyclic) bond motifs is 3. The first-order valence-corrected chi connectivity index (χ1v) is 7.54. The quantitative estimate of drug-likeness (QED) is 0.465. The highest BCUT2D eigenvalue weighted by Gasteiger charge is 2.10. The van der Waals surface area contributed by atoms with E-state index in [2.05, 4.69) is 37.3 Å². The molecule has 2 nitrogen and oxygen atoms in total. The molecule has 0 aliphatic carbocycles. The summed E-state index contributed by atoms with van der Waals surface area (Å²) in [4.78, 5) is 2.01. The van der Waals surface area contributed by atoms with Gasteiger partial charge >= 0.3 is 0 Å². The van der Waals surface area contributed by atoms with Gasteiger partial charge in [-0.3, -0.25) is 0 Å². The zero-order chi connectivity index (χ0) is 16.0. The van der Waals surface area contributed by atoms with Crippen molar-refractivity contribution in [3.63, 3.8) is 0 Å². The van der Waals surface area contributed by atoms with E-state index in [4.69, 9.17) is 4.42 Å². The van der Waals surface area contributed by atoms with Crippen molar-refractivity contribution in [2.75, 3.05) is 11.9 Å². The maximum Gasteiger partial charge on any atom is 0.137 e. The fraction of sp³-hybridized carbons (Fsp3) is 0.100. The molecule has 4 rings (SSSR count). The summed E-state index contributed by atoms with van der Waals surface area (Å²) < 4.78 is 19.1. The molecule has 0 saturated heterocycles. The number of benzene rings is 3. The lowest BCUT2D eigenvalue weighted by Gasteiger charge is -2.19. The second-order valence-corrected chi connectivity index (χ2v) is 5.82. The van der Waals surface area contributed by atoms with Crippen LogP contribution in [0.15, 0.2) is 65.1 Å². The van der Waals surface area contributed by atoms with Crippen LogP contribution >= 0.6 is 0 Å². The Morgan fingerprint density at radius 2 is 1.39 bits per heavy atom. The van der Waals surface area contributed by atoms with Crippen molar-refractivity contribution < 1.29 is 8.81 Å². The van der Waals surface area contributed by atoms with Gasteiger partial charge in [-0.15, -0.1) is 0 Å². The fourth-order valence-electron chi connectivity index (χ4n) is 2.90. The Morgan fingerprint density at radius 3 is 2.13 bits per heavy atom. The van der Waals surface area contributed by atoms with Crippen LogP contribution in [0.25, 0.3) is 21.9 Å². The van der Waals surface area contributed by atoms with E-state index in [9.17, 15) is 4.39 Å². The number of aryl methyl sites for hydroxylation is 1. The largest absolute Gasteiger partial charge is 0.456 e. The zero-order valence-corrected chi connectivity index (χ0v) is 13.0. The number of rotatable bonds is 2. The molecular formula is C20H16FNO. The molecule has 0 unspecified atom stereocenters. The van der Waals surface area contributed by atoms with Crippen molar-refractivity contribution in [3.8, 4) is 0 Å². The van der Waals surface area contributed by atoms with Crippen molar-refractivity contribution in [2.24, 2.45) is 0 Å². The number of hydrogen-bond donors (Lipinski definition) is 0. The maximum absolute atomic E-state index is 13.1. The van der Waals surface area contributed by atoms with Gasteiger partial charge in [-0.05, 0) is 55.0 Å². The molecule has 0 spiro atoms. The van der Waals surface area contributed by atoms with Crippen LogP contribution in [0.1, 0.15) is 5.56 Å². The monoisotopic (exact) mass is 305 g/mol. The van der Waals surface area contributed by atoms with Crippen molar-refractivity contribution in [1.29, 1.82) is 0 Å². The van der Waals surface area contributed by atoms with Crippen molar-refractivity contribution in [1.82, 2.24) is 0 Å². The summed E-state index contributed by atoms with van der Waals surface area (Å²) >= 11 is 0. The molecule has 1 aromatic heterocycles. The van der Waals surface area contributed by atoms with Crippen LogP contribution in [0.4, 0.5) is 15.8 Å². The fourth-order valence-corrected chi connectivity index (χ4v) is 2.90. The molecule has 3 aromatic carbocycles. The van der Waals surface area contributed by atoms with Crippen LogP contribution in [0.2, 0.25) is 0 Å². The summed E-state index contributed by atoms with van der Waals surface area (Å²) in [7, 11) is 1.96. The molecule has 114 valence electrons. The van der Waals surface area contributed by atoms with E-state index >= 15 is 0 Å². The Kier molecular flexibility index (Phi) is 3.08. The summed E-state index contributed by atoms with van der Waals surface area (Å²) in [6.45, 7) is 2.06. The summed E-state index contributed by atoms with van der Waals surface area (Å²) in [5, 5.41) is 2.23. The van der Waals surface area contributed by atoms with Gasteiger partial charge in [0, 0.05) is 35.3 Å². The third-order valence-electron chi connectivity index (χ3n) is 4.21. The Morgan fingerprint density at radius 1 is 0.783 bits per heavy atom. The molecule has 0 bridgehead atoms. The van der Waals surface area contributed by atoms with Crippen LogP contribution in [0.5, 0.6) is 0 Å². The molecule has 0 amide bonds. The first-order chi connectivity index (χ1) is 11.1. The number of halogens is 1. The van der Waals surface area contributed by atoms with E-state index in [1.165, 1.54) is 17.7 Å². The molecule has 0 saturated carbocycles. The van der Waals surface area contributed by atoms with E-state index in [-0.39, 0.29) is 5.82 Å². The van der Waals surface area contributed by atoms with Gasteiger partial charge < -0.3 is 9.32 Å². The topological polar surface area (TPSA) is 16.4 Å². The van der Waals surface area contributed by atoms with Gasteiger partial charge in [-0.25, -0.2) is 4.39 Å². The minimum absolute atomic E-state index is 0.231. The van der Waals surface area contributed by atoms with E-state index in [0.717, 1.165) is 33.3 Å². The first kappa shape index (κ1) is 13.8. The summed E-state index contributed by atoms with van der Waals surface area (Å²) in [5.74, 6) is -0.231. The highest BCUT2D eigenvalue weighted by molar-refractivity contribution is 6.06. The molecule has 23 heavy (non-hydrogen) atoms. The molecule has 0 N–H and O–H groups in total. The summed E-state index contributed by atoms with van der Waals surface area (Å²) in [5.41, 5.74) is 4.87. The minimum Gasteiger partial charge on any atom is -0.456 e. The van der Waals surface area contributed by atoms with Crippen molar-refractivity contribution in [3.05, 3.63) is 72.0 Å². The van der Waals surface area contributed by atoms with Gasteiger partial charge in [0.05, 0.1) is 0 Å². The SMILES string of the molecule is Cc1ccc2c(c1)oc1cc(N(C)c3ccc(F)cc3)ccc12. The normalized spacial score (nSPS) is 11.3. The van der Waals surface area contributed by atoms with Gasteiger partial charge in [0.15, 0.2) is 0 Å². The Balaban J connectivity index is 1.82. The average molecular weight is 305 g/mol. The molecule has 0 aliphatic rings. The van der Waals surface area contributed by atoms with Crippen LogP contribution in [0, 0.1) is 12.7 Å². The molecule has 4 aromatic rings. The predicted octanol–water partition coefficient (Wildman–Crippen LogP) is 5.80. The second-order valence-electron chi connectivity index (χ2n) is 5.82. The molecular weight excluding hydrogens is 289 g/mol. The van der Waals surface area contributed by atoms with Gasteiger partial charge in [-0.2, -0.15) is 0 Å². The number of nitrogens with zero attached hydrogens (tertiary/aromatic N) is 1. The van der Waals surface area contributed by atoms with Gasteiger partial charge in [0.2, 0.25) is 0 Å². The number of anilines is 2. The molecule has 0 atom stereocenters. The van der Waals surface area contributed by atoms with Crippen molar-refractivity contribution >= 4 is 33.3 Å². The van der Waals surface area contributed by atoms with Crippen LogP contribution in [-0.2, 0) is 0 Å².